The number of alkyl halides is 6. The molecule has 0 saturated heterocycles. The van der Waals surface area contributed by atoms with Crippen molar-refractivity contribution in [1.82, 2.24) is 4.98 Å². The maximum atomic E-state index is 12.5. The van der Waals surface area contributed by atoms with Gasteiger partial charge in [-0.15, -0.1) is 13.2 Å². The second-order valence-electron chi connectivity index (χ2n) is 3.25. The van der Waals surface area contributed by atoms with Crippen molar-refractivity contribution >= 4 is 6.29 Å². The van der Waals surface area contributed by atoms with Crippen LogP contribution in [0.25, 0.3) is 0 Å². The van der Waals surface area contributed by atoms with Crippen LogP contribution in [0.5, 0.6) is 5.88 Å². The zero-order valence-electron chi connectivity index (χ0n) is 8.97. The quantitative estimate of drug-likeness (QED) is 0.684. The van der Waals surface area contributed by atoms with Gasteiger partial charge in [0.25, 0.3) is 0 Å². The van der Waals surface area contributed by atoms with Crippen LogP contribution in [-0.2, 0) is 12.7 Å². The molecule has 0 amide bonds. The molecule has 1 rings (SSSR count). The van der Waals surface area contributed by atoms with E-state index in [9.17, 15) is 31.1 Å². The predicted molar refractivity (Wildman–Crippen MR) is 49.2 cm³/mol. The number of aldehydes is 1. The van der Waals surface area contributed by atoms with Gasteiger partial charge in [0.15, 0.2) is 6.29 Å². The maximum absolute atomic E-state index is 12.5. The molecule has 2 N–H and O–H groups in total. The van der Waals surface area contributed by atoms with E-state index in [1.54, 1.807) is 0 Å². The highest BCUT2D eigenvalue weighted by Gasteiger charge is 2.37. The number of pyridine rings is 1. The monoisotopic (exact) mass is 288 g/mol. The van der Waals surface area contributed by atoms with Crippen molar-refractivity contribution in [2.45, 2.75) is 19.1 Å². The Kier molecular flexibility index (Phi) is 4.03. The minimum Gasteiger partial charge on any atom is -0.388 e. The first kappa shape index (κ1) is 15.2. The summed E-state index contributed by atoms with van der Waals surface area (Å²) in [5, 5.41) is 0. The summed E-state index contributed by atoms with van der Waals surface area (Å²) in [6, 6.07) is 0.303. The SMILES string of the molecule is NCc1cc(C(F)(F)F)c(C=O)nc1OC(F)(F)F. The zero-order chi connectivity index (χ0) is 14.8. The number of carbonyl (C=O) groups excluding carboxylic acids is 1. The molecule has 0 aliphatic heterocycles. The summed E-state index contributed by atoms with van der Waals surface area (Å²) in [7, 11) is 0. The highest BCUT2D eigenvalue weighted by Crippen LogP contribution is 2.34. The van der Waals surface area contributed by atoms with Crippen LogP contribution < -0.4 is 10.5 Å². The van der Waals surface area contributed by atoms with Crippen LogP contribution in [0, 0.1) is 0 Å². The number of nitrogens with two attached hydrogens (primary N) is 1. The van der Waals surface area contributed by atoms with Crippen LogP contribution in [0.3, 0.4) is 0 Å². The molecule has 0 aliphatic carbocycles. The molecule has 1 aromatic heterocycles. The first-order valence-corrected chi connectivity index (χ1v) is 4.60. The molecular formula is C9H6F6N2O2. The maximum Gasteiger partial charge on any atom is 0.574 e. The lowest BCUT2D eigenvalue weighted by molar-refractivity contribution is -0.276. The Morgan fingerprint density at radius 1 is 1.26 bits per heavy atom. The third-order valence-electron chi connectivity index (χ3n) is 1.94. The summed E-state index contributed by atoms with van der Waals surface area (Å²) in [5.41, 5.74) is 1.74. The fourth-order valence-electron chi connectivity index (χ4n) is 1.21. The number of ether oxygens (including phenoxy) is 1. The van der Waals surface area contributed by atoms with Gasteiger partial charge in [-0.25, -0.2) is 4.98 Å². The van der Waals surface area contributed by atoms with Gasteiger partial charge < -0.3 is 10.5 Å². The van der Waals surface area contributed by atoms with E-state index < -0.39 is 41.8 Å². The van der Waals surface area contributed by atoms with Gasteiger partial charge in [-0.05, 0) is 6.07 Å². The minimum absolute atomic E-state index is 0.303. The lowest BCUT2D eigenvalue weighted by atomic mass is 10.1. The van der Waals surface area contributed by atoms with Gasteiger partial charge in [-0.2, -0.15) is 13.2 Å². The van der Waals surface area contributed by atoms with Crippen molar-refractivity contribution in [2.24, 2.45) is 5.73 Å². The molecule has 0 fully saturated rings. The first-order valence-electron chi connectivity index (χ1n) is 4.60. The van der Waals surface area contributed by atoms with E-state index in [1.165, 1.54) is 0 Å². The molecule has 0 atom stereocenters. The van der Waals surface area contributed by atoms with Gasteiger partial charge in [0.2, 0.25) is 5.88 Å². The highest BCUT2D eigenvalue weighted by atomic mass is 19.4. The molecule has 0 saturated carbocycles. The Labute approximate surface area is 102 Å². The van der Waals surface area contributed by atoms with Gasteiger partial charge in [0.05, 0.1) is 5.56 Å². The van der Waals surface area contributed by atoms with E-state index >= 15 is 0 Å². The number of aromatic nitrogens is 1. The van der Waals surface area contributed by atoms with Crippen molar-refractivity contribution < 1.29 is 35.9 Å². The minimum atomic E-state index is -5.16. The van der Waals surface area contributed by atoms with Gasteiger partial charge in [-0.3, -0.25) is 4.79 Å². The van der Waals surface area contributed by atoms with E-state index in [-0.39, 0.29) is 6.29 Å². The van der Waals surface area contributed by atoms with E-state index in [4.69, 9.17) is 5.73 Å². The zero-order valence-corrected chi connectivity index (χ0v) is 8.97. The summed E-state index contributed by atoms with van der Waals surface area (Å²) in [4.78, 5) is 13.4. The van der Waals surface area contributed by atoms with Gasteiger partial charge >= 0.3 is 12.5 Å². The molecule has 10 heteroatoms. The van der Waals surface area contributed by atoms with Gasteiger partial charge in [0.1, 0.15) is 5.69 Å². The average molecular weight is 288 g/mol. The van der Waals surface area contributed by atoms with Crippen molar-refractivity contribution in [2.75, 3.05) is 0 Å². The summed E-state index contributed by atoms with van der Waals surface area (Å²) >= 11 is 0. The number of hydrogen-bond acceptors (Lipinski definition) is 4. The number of carbonyl (C=O) groups is 1. The van der Waals surface area contributed by atoms with Crippen LogP contribution in [0.2, 0.25) is 0 Å². The molecule has 0 radical (unpaired) electrons. The second kappa shape index (κ2) is 5.03. The summed E-state index contributed by atoms with van der Waals surface area (Å²) in [5.74, 6) is -1.18. The van der Waals surface area contributed by atoms with Crippen molar-refractivity contribution in [3.63, 3.8) is 0 Å². The molecule has 1 heterocycles. The highest BCUT2D eigenvalue weighted by molar-refractivity contribution is 5.75. The van der Waals surface area contributed by atoms with E-state index in [1.807, 2.05) is 0 Å². The Morgan fingerprint density at radius 2 is 1.84 bits per heavy atom. The van der Waals surface area contributed by atoms with Crippen LogP contribution in [0.4, 0.5) is 26.3 Å². The summed E-state index contributed by atoms with van der Waals surface area (Å²) in [6.07, 6.45) is -10.4. The second-order valence-corrected chi connectivity index (χ2v) is 3.25. The Morgan fingerprint density at radius 3 is 2.21 bits per heavy atom. The molecule has 106 valence electrons. The molecule has 0 bridgehead atoms. The Balaban J connectivity index is 3.40. The van der Waals surface area contributed by atoms with E-state index in [0.29, 0.717) is 6.07 Å². The normalized spacial score (nSPS) is 12.4. The Hall–Kier alpha value is -1.84. The van der Waals surface area contributed by atoms with Gasteiger partial charge in [-0.1, -0.05) is 0 Å². The van der Waals surface area contributed by atoms with E-state index in [0.717, 1.165) is 0 Å². The number of nitrogens with zero attached hydrogens (tertiary/aromatic N) is 1. The molecule has 19 heavy (non-hydrogen) atoms. The van der Waals surface area contributed by atoms with Crippen LogP contribution in [0.1, 0.15) is 21.6 Å². The van der Waals surface area contributed by atoms with Crippen molar-refractivity contribution in [3.05, 3.63) is 22.9 Å². The molecule has 4 nitrogen and oxygen atoms in total. The lowest BCUT2D eigenvalue weighted by Gasteiger charge is -2.15. The fraction of sp³-hybridized carbons (Fsp3) is 0.333. The average Bonchev–Trinajstić information content (AvgIpc) is 2.24. The molecule has 0 aliphatic rings. The van der Waals surface area contributed by atoms with Crippen molar-refractivity contribution in [1.29, 1.82) is 0 Å². The van der Waals surface area contributed by atoms with Gasteiger partial charge in [0, 0.05) is 12.1 Å². The van der Waals surface area contributed by atoms with E-state index in [2.05, 4.69) is 9.72 Å². The summed E-state index contributed by atoms with van der Waals surface area (Å²) < 4.78 is 77.0. The fourth-order valence-corrected chi connectivity index (χ4v) is 1.21. The predicted octanol–water partition coefficient (Wildman–Crippen LogP) is 2.27. The summed E-state index contributed by atoms with van der Waals surface area (Å²) in [6.45, 7) is -0.666. The van der Waals surface area contributed by atoms with Crippen LogP contribution in [0.15, 0.2) is 6.07 Å². The molecule has 0 spiro atoms. The number of halogens is 6. The lowest BCUT2D eigenvalue weighted by Crippen LogP contribution is -2.21. The Bertz CT molecular complexity index is 483. The molecule has 0 unspecified atom stereocenters. The molecular weight excluding hydrogens is 282 g/mol. The topological polar surface area (TPSA) is 65.2 Å². The van der Waals surface area contributed by atoms with Crippen molar-refractivity contribution in [3.8, 4) is 5.88 Å². The standard InChI is InChI=1S/C9H6F6N2O2/c10-8(11,12)5-1-4(2-16)7(17-6(5)3-18)19-9(13,14)15/h1,3H,2,16H2. The first-order chi connectivity index (χ1) is 8.58. The molecule has 0 aromatic carbocycles. The smallest absolute Gasteiger partial charge is 0.388 e. The number of rotatable bonds is 3. The largest absolute Gasteiger partial charge is 0.574 e. The van der Waals surface area contributed by atoms with Crippen LogP contribution >= 0.6 is 0 Å². The molecule has 1 aromatic rings. The third-order valence-corrected chi connectivity index (χ3v) is 1.94. The third kappa shape index (κ3) is 3.81. The van der Waals surface area contributed by atoms with Crippen LogP contribution in [-0.4, -0.2) is 17.6 Å². The number of hydrogen-bond donors (Lipinski definition) is 1.